The Bertz CT molecular complexity index is 1470. The molecule has 38 heavy (non-hydrogen) atoms. The van der Waals surface area contributed by atoms with Crippen molar-refractivity contribution in [1.29, 1.82) is 0 Å². The van der Waals surface area contributed by atoms with E-state index in [1.54, 1.807) is 12.4 Å². The van der Waals surface area contributed by atoms with E-state index in [0.717, 1.165) is 29.0 Å². The van der Waals surface area contributed by atoms with Crippen LogP contribution in [0.25, 0.3) is 11.1 Å². The zero-order valence-electron chi connectivity index (χ0n) is 20.8. The molecular weight excluding hydrogens is 486 g/mol. The van der Waals surface area contributed by atoms with Crippen LogP contribution in [0.3, 0.4) is 0 Å². The van der Waals surface area contributed by atoms with Crippen LogP contribution >= 0.6 is 0 Å². The number of carbonyl (C=O) groups is 1. The van der Waals surface area contributed by atoms with Crippen LogP contribution < -0.4 is 29.6 Å². The smallest absolute Gasteiger partial charge is 0.255 e. The van der Waals surface area contributed by atoms with Crippen LogP contribution in [0.15, 0.2) is 67.1 Å². The SMILES string of the molecule is CCn1cc(-c2cnc(NCc3ccc4c(c3)OCO4)c(C(=O)NC[C@H]3COc4ccccc4O3)c2)cn1. The van der Waals surface area contributed by atoms with Crippen molar-refractivity contribution in [1.82, 2.24) is 20.1 Å². The molecule has 2 aliphatic rings. The molecule has 194 valence electrons. The Morgan fingerprint density at radius 1 is 1.00 bits per heavy atom. The first-order valence-corrected chi connectivity index (χ1v) is 12.5. The van der Waals surface area contributed by atoms with E-state index in [-0.39, 0.29) is 25.3 Å². The fraction of sp³-hybridized carbons (Fsp3) is 0.250. The highest BCUT2D eigenvalue weighted by molar-refractivity contribution is 5.99. The second kappa shape index (κ2) is 10.3. The molecule has 0 saturated carbocycles. The molecule has 0 spiro atoms. The molecular formula is C28H27N5O5. The zero-order valence-corrected chi connectivity index (χ0v) is 20.8. The van der Waals surface area contributed by atoms with Gasteiger partial charge >= 0.3 is 0 Å². The summed E-state index contributed by atoms with van der Waals surface area (Å²) in [6.45, 7) is 4.08. The van der Waals surface area contributed by atoms with Gasteiger partial charge in [0.2, 0.25) is 6.79 Å². The van der Waals surface area contributed by atoms with Crippen molar-refractivity contribution in [2.45, 2.75) is 26.1 Å². The topological polar surface area (TPSA) is 109 Å². The Labute approximate surface area is 219 Å². The molecule has 10 nitrogen and oxygen atoms in total. The largest absolute Gasteiger partial charge is 0.486 e. The van der Waals surface area contributed by atoms with Crippen molar-refractivity contribution in [3.05, 3.63) is 78.2 Å². The molecule has 0 unspecified atom stereocenters. The van der Waals surface area contributed by atoms with E-state index in [0.29, 0.717) is 41.8 Å². The minimum Gasteiger partial charge on any atom is -0.486 e. The number of rotatable bonds is 8. The standard InChI is InChI=1S/C28H27N5O5/c1-2-33-15-20(13-32-33)19-10-22(28(34)31-14-21-16-35-23-5-3-4-6-25(23)38-21)27(30-12-19)29-11-18-7-8-24-26(9-18)37-17-36-24/h3-10,12-13,15,21H,2,11,14,16-17H2,1H3,(H,29,30)(H,31,34)/t21-/m0/s1. The average Bonchev–Trinajstić information content (AvgIpc) is 3.64. The van der Waals surface area contributed by atoms with E-state index in [9.17, 15) is 4.79 Å². The first-order valence-electron chi connectivity index (χ1n) is 12.5. The van der Waals surface area contributed by atoms with Crippen molar-refractivity contribution < 1.29 is 23.7 Å². The highest BCUT2D eigenvalue weighted by Gasteiger charge is 2.23. The maximum absolute atomic E-state index is 13.4. The molecule has 0 fully saturated rings. The Balaban J connectivity index is 1.20. The molecule has 4 heterocycles. The summed E-state index contributed by atoms with van der Waals surface area (Å²) in [7, 11) is 0. The highest BCUT2D eigenvalue weighted by Crippen LogP contribution is 2.33. The lowest BCUT2D eigenvalue weighted by Crippen LogP contribution is -2.41. The molecule has 2 N–H and O–H groups in total. The summed E-state index contributed by atoms with van der Waals surface area (Å²) in [6, 6.07) is 15.1. The summed E-state index contributed by atoms with van der Waals surface area (Å²) >= 11 is 0. The van der Waals surface area contributed by atoms with E-state index in [1.165, 1.54) is 0 Å². The summed E-state index contributed by atoms with van der Waals surface area (Å²) < 4.78 is 24.5. The van der Waals surface area contributed by atoms with Gasteiger partial charge in [-0.3, -0.25) is 9.48 Å². The minimum atomic E-state index is -0.308. The normalized spacial score (nSPS) is 15.2. The highest BCUT2D eigenvalue weighted by atomic mass is 16.7. The molecule has 0 saturated heterocycles. The van der Waals surface area contributed by atoms with Gasteiger partial charge in [0.15, 0.2) is 23.0 Å². The Hall–Kier alpha value is -4.73. The van der Waals surface area contributed by atoms with Gasteiger partial charge in [0.25, 0.3) is 5.91 Å². The van der Waals surface area contributed by atoms with Crippen LogP contribution in [0.4, 0.5) is 5.82 Å². The Morgan fingerprint density at radius 3 is 2.71 bits per heavy atom. The van der Waals surface area contributed by atoms with Crippen molar-refractivity contribution in [3.63, 3.8) is 0 Å². The molecule has 1 atom stereocenters. The third kappa shape index (κ3) is 4.93. The maximum Gasteiger partial charge on any atom is 0.255 e. The van der Waals surface area contributed by atoms with E-state index < -0.39 is 0 Å². The molecule has 0 aliphatic carbocycles. The minimum absolute atomic E-state index is 0.218. The summed E-state index contributed by atoms with van der Waals surface area (Å²) in [5, 5.41) is 10.6. The first kappa shape index (κ1) is 23.7. The third-order valence-electron chi connectivity index (χ3n) is 6.38. The van der Waals surface area contributed by atoms with Gasteiger partial charge in [-0.1, -0.05) is 18.2 Å². The molecule has 2 aromatic heterocycles. The first-order chi connectivity index (χ1) is 18.7. The maximum atomic E-state index is 13.4. The van der Waals surface area contributed by atoms with Gasteiger partial charge in [0.1, 0.15) is 18.5 Å². The number of ether oxygens (including phenoxy) is 4. The number of fused-ring (bicyclic) bond motifs is 2. The van der Waals surface area contributed by atoms with Gasteiger partial charge in [-0.2, -0.15) is 5.10 Å². The second-order valence-corrected chi connectivity index (χ2v) is 8.95. The number of nitrogens with one attached hydrogen (secondary N) is 2. The van der Waals surface area contributed by atoms with E-state index in [4.69, 9.17) is 18.9 Å². The van der Waals surface area contributed by atoms with Gasteiger partial charge < -0.3 is 29.6 Å². The molecule has 6 rings (SSSR count). The number of para-hydroxylation sites is 2. The fourth-order valence-electron chi connectivity index (χ4n) is 4.32. The zero-order chi connectivity index (χ0) is 25.9. The molecule has 2 aromatic carbocycles. The molecule has 10 heteroatoms. The molecule has 0 radical (unpaired) electrons. The number of hydrogen-bond acceptors (Lipinski definition) is 8. The van der Waals surface area contributed by atoms with Gasteiger partial charge in [-0.25, -0.2) is 4.98 Å². The Kier molecular flexibility index (Phi) is 6.43. The number of aromatic nitrogens is 3. The number of aryl methyl sites for hydroxylation is 1. The third-order valence-corrected chi connectivity index (χ3v) is 6.38. The van der Waals surface area contributed by atoms with Crippen LogP contribution in [-0.2, 0) is 13.1 Å². The van der Waals surface area contributed by atoms with Gasteiger partial charge in [0.05, 0.1) is 18.3 Å². The summed E-state index contributed by atoms with van der Waals surface area (Å²) in [5.74, 6) is 3.00. The van der Waals surface area contributed by atoms with Gasteiger partial charge in [-0.05, 0) is 42.8 Å². The summed E-state index contributed by atoms with van der Waals surface area (Å²) in [5.41, 5.74) is 3.08. The lowest BCUT2D eigenvalue weighted by Gasteiger charge is -2.26. The number of pyridine rings is 1. The molecule has 1 amide bonds. The Morgan fingerprint density at radius 2 is 1.84 bits per heavy atom. The van der Waals surface area contributed by atoms with Crippen LogP contribution in [0, 0.1) is 0 Å². The van der Waals surface area contributed by atoms with Crippen molar-refractivity contribution in [2.75, 3.05) is 25.3 Å². The second-order valence-electron chi connectivity index (χ2n) is 8.95. The van der Waals surface area contributed by atoms with Crippen LogP contribution in [0.1, 0.15) is 22.8 Å². The van der Waals surface area contributed by atoms with E-state index in [2.05, 4.69) is 20.7 Å². The monoisotopic (exact) mass is 513 g/mol. The van der Waals surface area contributed by atoms with Gasteiger partial charge in [0, 0.05) is 36.6 Å². The van der Waals surface area contributed by atoms with Crippen LogP contribution in [0.5, 0.6) is 23.0 Å². The number of benzene rings is 2. The number of amides is 1. The van der Waals surface area contributed by atoms with Crippen molar-refractivity contribution in [2.24, 2.45) is 0 Å². The number of carbonyl (C=O) groups excluding carboxylic acids is 1. The van der Waals surface area contributed by atoms with Crippen molar-refractivity contribution >= 4 is 11.7 Å². The van der Waals surface area contributed by atoms with Crippen LogP contribution in [0.2, 0.25) is 0 Å². The van der Waals surface area contributed by atoms with Crippen molar-refractivity contribution in [3.8, 4) is 34.1 Å². The van der Waals surface area contributed by atoms with Crippen LogP contribution in [-0.4, -0.2) is 46.7 Å². The molecule has 4 aromatic rings. The summed E-state index contributed by atoms with van der Waals surface area (Å²) in [6.07, 6.45) is 5.14. The van der Waals surface area contributed by atoms with Gasteiger partial charge in [-0.15, -0.1) is 0 Å². The molecule has 2 aliphatic heterocycles. The average molecular weight is 514 g/mol. The lowest BCUT2D eigenvalue weighted by molar-refractivity contribution is 0.0789. The molecule has 0 bridgehead atoms. The van der Waals surface area contributed by atoms with E-state index >= 15 is 0 Å². The van der Waals surface area contributed by atoms with E-state index in [1.807, 2.05) is 66.3 Å². The predicted octanol–water partition coefficient (Wildman–Crippen LogP) is 3.88. The quantitative estimate of drug-likeness (QED) is 0.366. The fourth-order valence-corrected chi connectivity index (χ4v) is 4.32. The number of hydrogen-bond donors (Lipinski definition) is 2. The lowest BCUT2D eigenvalue weighted by atomic mass is 10.1. The summed E-state index contributed by atoms with van der Waals surface area (Å²) in [4.78, 5) is 18.0. The number of nitrogens with zero attached hydrogens (tertiary/aromatic N) is 3. The predicted molar refractivity (Wildman–Crippen MR) is 140 cm³/mol. The number of anilines is 1.